The number of ether oxygens (including phenoxy) is 1. The molecule has 2 aromatic rings. The van der Waals surface area contributed by atoms with Crippen molar-refractivity contribution in [2.24, 2.45) is 0 Å². The van der Waals surface area contributed by atoms with E-state index in [0.717, 1.165) is 17.5 Å². The number of ketones is 1. The molecule has 1 unspecified atom stereocenters. The van der Waals surface area contributed by atoms with Crippen molar-refractivity contribution >= 4 is 5.78 Å². The molecule has 19 heavy (non-hydrogen) atoms. The molecule has 0 saturated carbocycles. The van der Waals surface area contributed by atoms with E-state index in [2.05, 4.69) is 6.07 Å². The summed E-state index contributed by atoms with van der Waals surface area (Å²) in [6.45, 7) is 2.62. The molecular formula is C17H16O2. The maximum absolute atomic E-state index is 12.5. The topological polar surface area (TPSA) is 26.3 Å². The van der Waals surface area contributed by atoms with Crippen LogP contribution in [0, 0.1) is 6.92 Å². The summed E-state index contributed by atoms with van der Waals surface area (Å²) in [7, 11) is 0. The van der Waals surface area contributed by atoms with Crippen LogP contribution in [0.4, 0.5) is 0 Å². The zero-order valence-electron chi connectivity index (χ0n) is 10.9. The van der Waals surface area contributed by atoms with Gasteiger partial charge in [0.15, 0.2) is 5.78 Å². The molecule has 2 aromatic carbocycles. The van der Waals surface area contributed by atoms with Crippen LogP contribution >= 0.6 is 0 Å². The number of carbonyl (C=O) groups excluding carboxylic acids is 1. The second-order valence-corrected chi connectivity index (χ2v) is 4.93. The lowest BCUT2D eigenvalue weighted by Gasteiger charge is -2.25. The third-order valence-electron chi connectivity index (χ3n) is 3.57. The van der Waals surface area contributed by atoms with E-state index < -0.39 is 6.10 Å². The zero-order chi connectivity index (χ0) is 13.2. The Bertz CT molecular complexity index is 599. The minimum absolute atomic E-state index is 0.0483. The Kier molecular flexibility index (Phi) is 3.18. The van der Waals surface area contributed by atoms with Crippen LogP contribution in [0.25, 0.3) is 0 Å². The molecule has 2 nitrogen and oxygen atoms in total. The van der Waals surface area contributed by atoms with Crippen LogP contribution in [0.5, 0.6) is 0 Å². The Balaban J connectivity index is 1.95. The summed E-state index contributed by atoms with van der Waals surface area (Å²) < 4.78 is 5.70. The van der Waals surface area contributed by atoms with Gasteiger partial charge < -0.3 is 4.74 Å². The molecule has 0 spiro atoms. The highest BCUT2D eigenvalue weighted by Crippen LogP contribution is 2.29. The first-order valence-corrected chi connectivity index (χ1v) is 6.56. The molecular weight excluding hydrogens is 236 g/mol. The standard InChI is InChI=1S/C17H16O2/c1-12-6-8-14(9-7-12)16(18)17-15-5-3-2-4-13(15)10-11-19-17/h2-9,17H,10-11H2,1H3. The summed E-state index contributed by atoms with van der Waals surface area (Å²) in [5.74, 6) is 0.0483. The van der Waals surface area contributed by atoms with Gasteiger partial charge in [-0.1, -0.05) is 54.1 Å². The highest BCUT2D eigenvalue weighted by molar-refractivity contribution is 6.00. The van der Waals surface area contributed by atoms with Crippen molar-refractivity contribution in [3.63, 3.8) is 0 Å². The molecule has 0 N–H and O–H groups in total. The Morgan fingerprint density at radius 1 is 1.11 bits per heavy atom. The van der Waals surface area contributed by atoms with Gasteiger partial charge in [0.1, 0.15) is 6.10 Å². The molecule has 2 heteroatoms. The maximum atomic E-state index is 12.5. The average molecular weight is 252 g/mol. The van der Waals surface area contributed by atoms with Gasteiger partial charge in [-0.15, -0.1) is 0 Å². The predicted molar refractivity (Wildman–Crippen MR) is 74.3 cm³/mol. The molecule has 3 rings (SSSR count). The lowest BCUT2D eigenvalue weighted by Crippen LogP contribution is -2.23. The minimum atomic E-state index is -0.451. The first kappa shape index (κ1) is 12.1. The van der Waals surface area contributed by atoms with Crippen molar-refractivity contribution < 1.29 is 9.53 Å². The fourth-order valence-electron chi connectivity index (χ4n) is 2.48. The number of aryl methyl sites for hydroxylation is 1. The summed E-state index contributed by atoms with van der Waals surface area (Å²) >= 11 is 0. The number of benzene rings is 2. The summed E-state index contributed by atoms with van der Waals surface area (Å²) in [6.07, 6.45) is 0.432. The van der Waals surface area contributed by atoms with E-state index in [4.69, 9.17) is 4.74 Å². The quantitative estimate of drug-likeness (QED) is 0.765. The number of carbonyl (C=O) groups is 1. The second kappa shape index (κ2) is 4.98. The summed E-state index contributed by atoms with van der Waals surface area (Å²) in [5, 5.41) is 0. The summed E-state index contributed by atoms with van der Waals surface area (Å²) in [4.78, 5) is 12.5. The Morgan fingerprint density at radius 2 is 1.84 bits per heavy atom. The Labute approximate surface area is 113 Å². The molecule has 1 aliphatic rings. The van der Waals surface area contributed by atoms with Crippen molar-refractivity contribution in [3.05, 3.63) is 70.8 Å². The van der Waals surface area contributed by atoms with Crippen molar-refractivity contribution in [3.8, 4) is 0 Å². The van der Waals surface area contributed by atoms with Gasteiger partial charge in [0.05, 0.1) is 6.61 Å². The molecule has 1 aliphatic heterocycles. The van der Waals surface area contributed by atoms with E-state index >= 15 is 0 Å². The van der Waals surface area contributed by atoms with E-state index in [0.29, 0.717) is 12.2 Å². The lowest BCUT2D eigenvalue weighted by molar-refractivity contribution is 0.0349. The number of Topliss-reactive ketones (excluding diaryl/α,β-unsaturated/α-hetero) is 1. The van der Waals surface area contributed by atoms with Crippen LogP contribution in [-0.4, -0.2) is 12.4 Å². The molecule has 96 valence electrons. The van der Waals surface area contributed by atoms with Crippen LogP contribution in [0.15, 0.2) is 48.5 Å². The minimum Gasteiger partial charge on any atom is -0.365 e. The fraction of sp³-hybridized carbons (Fsp3) is 0.235. The number of fused-ring (bicyclic) bond motifs is 1. The maximum Gasteiger partial charge on any atom is 0.196 e. The predicted octanol–water partition coefficient (Wildman–Crippen LogP) is 3.49. The highest BCUT2D eigenvalue weighted by Gasteiger charge is 2.27. The van der Waals surface area contributed by atoms with Crippen LogP contribution in [0.2, 0.25) is 0 Å². The Hall–Kier alpha value is -1.93. The SMILES string of the molecule is Cc1ccc(C(=O)C2OCCc3ccccc32)cc1. The van der Waals surface area contributed by atoms with Gasteiger partial charge in [-0.05, 0) is 24.5 Å². The summed E-state index contributed by atoms with van der Waals surface area (Å²) in [5.41, 5.74) is 4.10. The molecule has 1 atom stereocenters. The number of hydrogen-bond acceptors (Lipinski definition) is 2. The smallest absolute Gasteiger partial charge is 0.196 e. The van der Waals surface area contributed by atoms with Gasteiger partial charge in [-0.2, -0.15) is 0 Å². The monoisotopic (exact) mass is 252 g/mol. The molecule has 0 aliphatic carbocycles. The van der Waals surface area contributed by atoms with E-state index in [1.165, 1.54) is 5.56 Å². The van der Waals surface area contributed by atoms with E-state index in [9.17, 15) is 4.79 Å². The van der Waals surface area contributed by atoms with Crippen molar-refractivity contribution in [2.45, 2.75) is 19.4 Å². The van der Waals surface area contributed by atoms with Gasteiger partial charge >= 0.3 is 0 Å². The van der Waals surface area contributed by atoms with Crippen LogP contribution in [0.3, 0.4) is 0 Å². The van der Waals surface area contributed by atoms with Crippen molar-refractivity contribution in [1.82, 2.24) is 0 Å². The van der Waals surface area contributed by atoms with E-state index in [-0.39, 0.29) is 5.78 Å². The van der Waals surface area contributed by atoms with Gasteiger partial charge in [0.25, 0.3) is 0 Å². The largest absolute Gasteiger partial charge is 0.365 e. The average Bonchev–Trinajstić information content (AvgIpc) is 2.47. The molecule has 1 heterocycles. The van der Waals surface area contributed by atoms with Gasteiger partial charge in [0.2, 0.25) is 0 Å². The highest BCUT2D eigenvalue weighted by atomic mass is 16.5. The van der Waals surface area contributed by atoms with Crippen LogP contribution in [-0.2, 0) is 11.2 Å². The lowest BCUT2D eigenvalue weighted by atomic mass is 9.92. The second-order valence-electron chi connectivity index (χ2n) is 4.93. The molecule has 0 radical (unpaired) electrons. The molecule has 0 saturated heterocycles. The molecule has 0 bridgehead atoms. The molecule has 0 amide bonds. The number of hydrogen-bond donors (Lipinski definition) is 0. The Morgan fingerprint density at radius 3 is 2.63 bits per heavy atom. The zero-order valence-corrected chi connectivity index (χ0v) is 10.9. The third kappa shape index (κ3) is 2.32. The van der Waals surface area contributed by atoms with Gasteiger partial charge in [0, 0.05) is 5.56 Å². The summed E-state index contributed by atoms with van der Waals surface area (Å²) in [6, 6.07) is 15.7. The van der Waals surface area contributed by atoms with Crippen molar-refractivity contribution in [1.29, 1.82) is 0 Å². The van der Waals surface area contributed by atoms with Gasteiger partial charge in [-0.3, -0.25) is 4.79 Å². The first-order chi connectivity index (χ1) is 9.25. The van der Waals surface area contributed by atoms with E-state index in [1.54, 1.807) is 0 Å². The number of rotatable bonds is 2. The normalized spacial score (nSPS) is 17.8. The van der Waals surface area contributed by atoms with Crippen LogP contribution in [0.1, 0.15) is 33.2 Å². The van der Waals surface area contributed by atoms with E-state index in [1.807, 2.05) is 49.4 Å². The molecule has 0 fully saturated rings. The third-order valence-corrected chi connectivity index (χ3v) is 3.57. The first-order valence-electron chi connectivity index (χ1n) is 6.56. The van der Waals surface area contributed by atoms with Gasteiger partial charge in [-0.25, -0.2) is 0 Å². The molecule has 0 aromatic heterocycles. The van der Waals surface area contributed by atoms with Crippen molar-refractivity contribution in [2.75, 3.05) is 6.61 Å². The fourth-order valence-corrected chi connectivity index (χ4v) is 2.48. The van der Waals surface area contributed by atoms with Crippen LogP contribution < -0.4 is 0 Å².